The molecule has 1 N–H and O–H groups in total. The largest absolute Gasteiger partial charge is 0.385 e. The number of hydrogen-bond donors (Lipinski definition) is 1. The van der Waals surface area contributed by atoms with Crippen LogP contribution in [0.3, 0.4) is 0 Å². The predicted octanol–water partition coefficient (Wildman–Crippen LogP) is 5.82. The molecule has 2 rings (SSSR count). The van der Waals surface area contributed by atoms with Gasteiger partial charge in [0.1, 0.15) is 0 Å². The number of aliphatic hydroxyl groups is 1. The number of hydrogen-bond acceptors (Lipinski definition) is 1. The van der Waals surface area contributed by atoms with Gasteiger partial charge in [-0.3, -0.25) is 0 Å². The van der Waals surface area contributed by atoms with Gasteiger partial charge in [0.25, 0.3) is 0 Å². The van der Waals surface area contributed by atoms with Gasteiger partial charge in [0.05, 0.1) is 5.60 Å². The van der Waals surface area contributed by atoms with Crippen molar-refractivity contribution < 1.29 is 5.11 Å². The zero-order chi connectivity index (χ0) is 16.2. The molecule has 0 spiro atoms. The molecule has 0 saturated heterocycles. The molecule has 1 nitrogen and oxygen atoms in total. The molecule has 0 saturated carbocycles. The molecule has 0 amide bonds. The molecule has 0 bridgehead atoms. The zero-order valence-electron chi connectivity index (χ0n) is 13.2. The average molecular weight is 315 g/mol. The van der Waals surface area contributed by atoms with Crippen LogP contribution in [0.15, 0.2) is 61.2 Å². The first-order valence-electron chi connectivity index (χ1n) is 7.69. The predicted molar refractivity (Wildman–Crippen MR) is 95.1 cm³/mol. The normalized spacial score (nSPS) is 15.1. The van der Waals surface area contributed by atoms with Crippen LogP contribution < -0.4 is 0 Å². The molecule has 0 heterocycles. The van der Waals surface area contributed by atoms with E-state index in [0.717, 1.165) is 29.5 Å². The molecule has 2 atom stereocenters. The van der Waals surface area contributed by atoms with E-state index in [4.69, 9.17) is 11.6 Å². The molecule has 0 radical (unpaired) electrons. The first-order chi connectivity index (χ1) is 10.5. The fourth-order valence-electron chi connectivity index (χ4n) is 3.02. The van der Waals surface area contributed by atoms with Crippen molar-refractivity contribution in [3.05, 3.63) is 71.8 Å². The van der Waals surface area contributed by atoms with E-state index in [9.17, 15) is 5.11 Å². The monoisotopic (exact) mass is 314 g/mol. The molecule has 0 aromatic heterocycles. The van der Waals surface area contributed by atoms with E-state index in [2.05, 4.69) is 13.5 Å². The average Bonchev–Trinajstić information content (AvgIpc) is 2.53. The van der Waals surface area contributed by atoms with Gasteiger partial charge in [-0.2, -0.15) is 0 Å². The smallest absolute Gasteiger partial charge is 0.0905 e. The van der Waals surface area contributed by atoms with Crippen molar-refractivity contribution >= 4 is 11.6 Å². The van der Waals surface area contributed by atoms with E-state index in [1.807, 2.05) is 61.5 Å². The van der Waals surface area contributed by atoms with Crippen molar-refractivity contribution in [2.24, 2.45) is 5.92 Å². The summed E-state index contributed by atoms with van der Waals surface area (Å²) < 4.78 is 0. The fourth-order valence-corrected chi connectivity index (χ4v) is 3.15. The third-order valence-corrected chi connectivity index (χ3v) is 4.62. The van der Waals surface area contributed by atoms with E-state index < -0.39 is 5.60 Å². The standard InChI is InChI=1S/C20H23ClO/c1-4-8-16(5-2)20(3,22)19-10-7-6-9-18(19)15-11-13-17(21)14-12-15/h4,6-7,9-14,16,22H,1,5,8H2,2-3H3. The molecule has 0 aliphatic carbocycles. The van der Waals surface area contributed by atoms with Crippen molar-refractivity contribution in [3.8, 4) is 11.1 Å². The first kappa shape index (κ1) is 16.8. The second kappa shape index (κ2) is 7.13. The number of halogens is 1. The lowest BCUT2D eigenvalue weighted by Crippen LogP contribution is -2.31. The fraction of sp³-hybridized carbons (Fsp3) is 0.300. The molecule has 2 aromatic carbocycles. The van der Waals surface area contributed by atoms with Crippen LogP contribution in [0.1, 0.15) is 32.3 Å². The summed E-state index contributed by atoms with van der Waals surface area (Å²) in [6.07, 6.45) is 3.57. The molecule has 2 unspecified atom stereocenters. The van der Waals surface area contributed by atoms with E-state index in [1.54, 1.807) is 0 Å². The minimum Gasteiger partial charge on any atom is -0.385 e. The highest BCUT2D eigenvalue weighted by atomic mass is 35.5. The van der Waals surface area contributed by atoms with Gasteiger partial charge in [-0.15, -0.1) is 6.58 Å². The highest BCUT2D eigenvalue weighted by molar-refractivity contribution is 6.30. The van der Waals surface area contributed by atoms with Gasteiger partial charge in [0.15, 0.2) is 0 Å². The second-order valence-electron chi connectivity index (χ2n) is 5.83. The van der Waals surface area contributed by atoms with Gasteiger partial charge in [0, 0.05) is 5.02 Å². The van der Waals surface area contributed by atoms with Gasteiger partial charge in [-0.05, 0) is 54.5 Å². The maximum absolute atomic E-state index is 11.2. The SMILES string of the molecule is C=CCC(CC)C(C)(O)c1ccccc1-c1ccc(Cl)cc1. The topological polar surface area (TPSA) is 20.2 Å². The summed E-state index contributed by atoms with van der Waals surface area (Å²) in [6, 6.07) is 15.8. The Morgan fingerprint density at radius 1 is 1.18 bits per heavy atom. The molecule has 2 aromatic rings. The number of allylic oxidation sites excluding steroid dienone is 1. The molecule has 116 valence electrons. The molecular weight excluding hydrogens is 292 g/mol. The van der Waals surface area contributed by atoms with Crippen LogP contribution in [0.2, 0.25) is 5.02 Å². The second-order valence-corrected chi connectivity index (χ2v) is 6.27. The Bertz CT molecular complexity index is 628. The van der Waals surface area contributed by atoms with Crippen molar-refractivity contribution in [1.82, 2.24) is 0 Å². The highest BCUT2D eigenvalue weighted by Crippen LogP contribution is 2.39. The Labute approximate surface area is 138 Å². The van der Waals surface area contributed by atoms with E-state index in [-0.39, 0.29) is 5.92 Å². The summed E-state index contributed by atoms with van der Waals surface area (Å²) in [4.78, 5) is 0. The van der Waals surface area contributed by atoms with E-state index in [1.165, 1.54) is 0 Å². The van der Waals surface area contributed by atoms with E-state index >= 15 is 0 Å². The lowest BCUT2D eigenvalue weighted by atomic mass is 9.76. The summed E-state index contributed by atoms with van der Waals surface area (Å²) in [5.74, 6) is 0.137. The third kappa shape index (κ3) is 3.43. The molecule has 0 aliphatic rings. The maximum atomic E-state index is 11.2. The molecule has 22 heavy (non-hydrogen) atoms. The summed E-state index contributed by atoms with van der Waals surface area (Å²) in [7, 11) is 0. The van der Waals surface area contributed by atoms with Crippen molar-refractivity contribution in [2.45, 2.75) is 32.3 Å². The van der Waals surface area contributed by atoms with Crippen LogP contribution >= 0.6 is 11.6 Å². The molecule has 0 aliphatic heterocycles. The van der Waals surface area contributed by atoms with Crippen LogP contribution in [0, 0.1) is 5.92 Å². The lowest BCUT2D eigenvalue weighted by Gasteiger charge is -2.34. The minimum atomic E-state index is -0.904. The molecular formula is C20H23ClO. The Hall–Kier alpha value is -1.57. The van der Waals surface area contributed by atoms with Gasteiger partial charge >= 0.3 is 0 Å². The third-order valence-electron chi connectivity index (χ3n) is 4.37. The molecule has 2 heteroatoms. The van der Waals surface area contributed by atoms with Gasteiger partial charge in [-0.1, -0.05) is 61.0 Å². The van der Waals surface area contributed by atoms with Crippen LogP contribution in [-0.2, 0) is 5.60 Å². The van der Waals surface area contributed by atoms with Crippen molar-refractivity contribution in [3.63, 3.8) is 0 Å². The van der Waals surface area contributed by atoms with E-state index in [0.29, 0.717) is 5.02 Å². The lowest BCUT2D eigenvalue weighted by molar-refractivity contribution is -0.00615. The quantitative estimate of drug-likeness (QED) is 0.666. The van der Waals surface area contributed by atoms with Gasteiger partial charge in [0.2, 0.25) is 0 Å². The maximum Gasteiger partial charge on any atom is 0.0905 e. The van der Waals surface area contributed by atoms with Crippen LogP contribution in [0.4, 0.5) is 0 Å². The Morgan fingerprint density at radius 2 is 1.82 bits per heavy atom. The summed E-state index contributed by atoms with van der Waals surface area (Å²) in [6.45, 7) is 7.83. The Morgan fingerprint density at radius 3 is 2.41 bits per heavy atom. The zero-order valence-corrected chi connectivity index (χ0v) is 14.0. The van der Waals surface area contributed by atoms with Crippen LogP contribution in [0.5, 0.6) is 0 Å². The van der Waals surface area contributed by atoms with Gasteiger partial charge in [-0.25, -0.2) is 0 Å². The van der Waals surface area contributed by atoms with Gasteiger partial charge < -0.3 is 5.11 Å². The highest BCUT2D eigenvalue weighted by Gasteiger charge is 2.33. The number of rotatable bonds is 6. The molecule has 0 fully saturated rings. The summed E-state index contributed by atoms with van der Waals surface area (Å²) in [5.41, 5.74) is 2.16. The van der Waals surface area contributed by atoms with Crippen molar-refractivity contribution in [1.29, 1.82) is 0 Å². The van der Waals surface area contributed by atoms with Crippen LogP contribution in [-0.4, -0.2) is 5.11 Å². The Kier molecular flexibility index (Phi) is 5.44. The number of benzene rings is 2. The minimum absolute atomic E-state index is 0.137. The summed E-state index contributed by atoms with van der Waals surface area (Å²) >= 11 is 5.98. The van der Waals surface area contributed by atoms with Crippen LogP contribution in [0.25, 0.3) is 11.1 Å². The van der Waals surface area contributed by atoms with Crippen molar-refractivity contribution in [2.75, 3.05) is 0 Å². The summed E-state index contributed by atoms with van der Waals surface area (Å²) in [5, 5.41) is 11.9. The Balaban J connectivity index is 2.51. The first-order valence-corrected chi connectivity index (χ1v) is 8.07.